The first kappa shape index (κ1) is 16.2. The third-order valence-corrected chi connectivity index (χ3v) is 4.19. The number of carboxylic acids is 1. The smallest absolute Gasteiger partial charge is 0.310 e. The van der Waals surface area contributed by atoms with Gasteiger partial charge in [0.15, 0.2) is 0 Å². The van der Waals surface area contributed by atoms with Gasteiger partial charge in [0.05, 0.1) is 5.41 Å². The zero-order valence-corrected chi connectivity index (χ0v) is 12.2. The van der Waals surface area contributed by atoms with Crippen LogP contribution in [0.15, 0.2) is 17.2 Å². The highest BCUT2D eigenvalue weighted by Crippen LogP contribution is 2.17. The van der Waals surface area contributed by atoms with E-state index in [0.29, 0.717) is 0 Å². The summed E-state index contributed by atoms with van der Waals surface area (Å²) < 4.78 is 27.5. The molecule has 0 radical (unpaired) electrons. The van der Waals surface area contributed by atoms with Crippen LogP contribution in [0.3, 0.4) is 0 Å². The summed E-state index contributed by atoms with van der Waals surface area (Å²) >= 11 is 0. The Bertz CT molecular complexity index is 645. The van der Waals surface area contributed by atoms with Crippen molar-refractivity contribution in [2.24, 2.45) is 18.2 Å². The molecule has 1 amide bonds. The molecule has 0 spiro atoms. The monoisotopic (exact) mass is 303 g/mol. The van der Waals surface area contributed by atoms with E-state index in [9.17, 15) is 18.0 Å². The number of hydrogen-bond acceptors (Lipinski definition) is 4. The summed E-state index contributed by atoms with van der Waals surface area (Å²) in [7, 11) is -2.42. The molecule has 9 heteroatoms. The molecule has 0 saturated carbocycles. The number of nitrogens with two attached hydrogens (primary N) is 1. The van der Waals surface area contributed by atoms with Crippen molar-refractivity contribution in [3.8, 4) is 0 Å². The predicted molar refractivity (Wildman–Crippen MR) is 70.5 cm³/mol. The number of aryl methyl sites for hydroxylation is 1. The third kappa shape index (κ3) is 3.36. The standard InChI is InChI=1S/C11H17N3O5S/c1-11(2,10(16)17)6-13-20(18,19)7-4-8(9(12)15)14(3)5-7/h4-5,13H,6H2,1-3H3,(H2,12,15)(H,16,17). The Morgan fingerprint density at radius 1 is 1.45 bits per heavy atom. The first-order valence-electron chi connectivity index (χ1n) is 5.66. The van der Waals surface area contributed by atoms with Crippen LogP contribution in [0.25, 0.3) is 0 Å². The van der Waals surface area contributed by atoms with Gasteiger partial charge in [0.1, 0.15) is 10.6 Å². The predicted octanol–water partition coefficient (Wildman–Crippen LogP) is -0.487. The van der Waals surface area contributed by atoms with Crippen molar-refractivity contribution in [2.75, 3.05) is 6.54 Å². The van der Waals surface area contributed by atoms with E-state index in [1.165, 1.54) is 31.7 Å². The van der Waals surface area contributed by atoms with E-state index in [2.05, 4.69) is 4.72 Å². The van der Waals surface area contributed by atoms with Crippen molar-refractivity contribution in [1.29, 1.82) is 0 Å². The number of carbonyl (C=O) groups is 2. The molecule has 0 bridgehead atoms. The number of aliphatic carboxylic acids is 1. The lowest BCUT2D eigenvalue weighted by Gasteiger charge is -2.19. The van der Waals surface area contributed by atoms with Crippen LogP contribution in [-0.4, -0.2) is 36.5 Å². The minimum atomic E-state index is -3.90. The number of rotatable bonds is 6. The van der Waals surface area contributed by atoms with E-state index >= 15 is 0 Å². The van der Waals surface area contributed by atoms with E-state index in [-0.39, 0.29) is 17.1 Å². The minimum absolute atomic E-state index is 0.0443. The molecule has 0 fully saturated rings. The summed E-state index contributed by atoms with van der Waals surface area (Å²) in [5, 5.41) is 8.93. The first-order valence-corrected chi connectivity index (χ1v) is 7.15. The molecule has 1 heterocycles. The highest BCUT2D eigenvalue weighted by Gasteiger charge is 2.30. The number of sulfonamides is 1. The van der Waals surface area contributed by atoms with E-state index < -0.39 is 27.3 Å². The summed E-state index contributed by atoms with van der Waals surface area (Å²) in [5.74, 6) is -1.87. The number of primary amides is 1. The van der Waals surface area contributed by atoms with Crippen molar-refractivity contribution in [3.63, 3.8) is 0 Å². The highest BCUT2D eigenvalue weighted by atomic mass is 32.2. The Kier molecular flexibility index (Phi) is 4.25. The lowest BCUT2D eigenvalue weighted by atomic mass is 9.95. The lowest BCUT2D eigenvalue weighted by Crippen LogP contribution is -2.38. The van der Waals surface area contributed by atoms with Gasteiger partial charge in [-0.1, -0.05) is 0 Å². The zero-order chi connectivity index (χ0) is 15.7. The Balaban J connectivity index is 2.98. The van der Waals surface area contributed by atoms with E-state index in [4.69, 9.17) is 10.8 Å². The van der Waals surface area contributed by atoms with Crippen molar-refractivity contribution in [3.05, 3.63) is 18.0 Å². The Morgan fingerprint density at radius 3 is 2.40 bits per heavy atom. The molecule has 0 aliphatic carbocycles. The summed E-state index contributed by atoms with van der Waals surface area (Å²) in [6.45, 7) is 2.53. The number of nitrogens with one attached hydrogen (secondary N) is 1. The molecular weight excluding hydrogens is 286 g/mol. The van der Waals surface area contributed by atoms with Crippen LogP contribution in [0, 0.1) is 5.41 Å². The number of carboxylic acid groups (broad SMARTS) is 1. The van der Waals surface area contributed by atoms with E-state index in [1.807, 2.05) is 0 Å². The maximum absolute atomic E-state index is 12.0. The van der Waals surface area contributed by atoms with Gasteiger partial charge in [0, 0.05) is 19.8 Å². The second kappa shape index (κ2) is 5.25. The molecule has 4 N–H and O–H groups in total. The fourth-order valence-electron chi connectivity index (χ4n) is 1.36. The summed E-state index contributed by atoms with van der Waals surface area (Å²) in [6.07, 6.45) is 1.23. The molecule has 20 heavy (non-hydrogen) atoms. The van der Waals surface area contributed by atoms with Crippen LogP contribution in [-0.2, 0) is 21.9 Å². The second-order valence-electron chi connectivity index (χ2n) is 5.05. The molecule has 0 unspecified atom stereocenters. The normalized spacial score (nSPS) is 12.3. The maximum atomic E-state index is 12.0. The summed E-state index contributed by atoms with van der Waals surface area (Å²) in [6, 6.07) is 1.14. The SMILES string of the molecule is Cn1cc(S(=O)(=O)NCC(C)(C)C(=O)O)cc1C(N)=O. The Hall–Kier alpha value is -1.87. The fourth-order valence-corrected chi connectivity index (χ4v) is 2.64. The van der Waals surface area contributed by atoms with Gasteiger partial charge < -0.3 is 15.4 Å². The molecule has 1 rings (SSSR count). The molecule has 0 saturated heterocycles. The number of aromatic nitrogens is 1. The fraction of sp³-hybridized carbons (Fsp3) is 0.455. The van der Waals surface area contributed by atoms with Crippen LogP contribution in [0.2, 0.25) is 0 Å². The van der Waals surface area contributed by atoms with Gasteiger partial charge in [0.2, 0.25) is 10.0 Å². The molecule has 0 aliphatic rings. The van der Waals surface area contributed by atoms with E-state index in [1.54, 1.807) is 0 Å². The molecule has 0 aliphatic heterocycles. The van der Waals surface area contributed by atoms with Crippen molar-refractivity contribution in [1.82, 2.24) is 9.29 Å². The van der Waals surface area contributed by atoms with E-state index in [0.717, 1.165) is 6.07 Å². The van der Waals surface area contributed by atoms with Crippen molar-refractivity contribution < 1.29 is 23.1 Å². The van der Waals surface area contributed by atoms with Gasteiger partial charge in [0.25, 0.3) is 5.91 Å². The number of amides is 1. The molecular formula is C11H17N3O5S. The number of nitrogens with zero attached hydrogens (tertiary/aromatic N) is 1. The maximum Gasteiger partial charge on any atom is 0.310 e. The molecule has 0 aromatic carbocycles. The number of carbonyl (C=O) groups excluding carboxylic acids is 1. The van der Waals surface area contributed by atoms with Crippen LogP contribution in [0.4, 0.5) is 0 Å². The average molecular weight is 303 g/mol. The van der Waals surface area contributed by atoms with Crippen LogP contribution in [0.1, 0.15) is 24.3 Å². The van der Waals surface area contributed by atoms with Gasteiger partial charge >= 0.3 is 5.97 Å². The molecule has 1 aromatic rings. The Labute approximate surface area is 116 Å². The average Bonchev–Trinajstić information content (AvgIpc) is 2.70. The second-order valence-corrected chi connectivity index (χ2v) is 6.82. The molecule has 0 atom stereocenters. The summed E-state index contributed by atoms with van der Waals surface area (Å²) in [4.78, 5) is 21.9. The van der Waals surface area contributed by atoms with Gasteiger partial charge in [-0.3, -0.25) is 9.59 Å². The third-order valence-electron chi connectivity index (χ3n) is 2.83. The molecule has 1 aromatic heterocycles. The quantitative estimate of drug-likeness (QED) is 0.652. The summed E-state index contributed by atoms with van der Waals surface area (Å²) in [5.41, 5.74) is 3.90. The van der Waals surface area contributed by atoms with Crippen LogP contribution >= 0.6 is 0 Å². The Morgan fingerprint density at radius 2 is 2.00 bits per heavy atom. The van der Waals surface area contributed by atoms with Crippen molar-refractivity contribution >= 4 is 21.9 Å². The molecule has 112 valence electrons. The first-order chi connectivity index (χ1) is 8.97. The minimum Gasteiger partial charge on any atom is -0.481 e. The molecule has 8 nitrogen and oxygen atoms in total. The van der Waals surface area contributed by atoms with Crippen LogP contribution in [0.5, 0.6) is 0 Å². The van der Waals surface area contributed by atoms with Gasteiger partial charge in [-0.05, 0) is 19.9 Å². The highest BCUT2D eigenvalue weighted by molar-refractivity contribution is 7.89. The zero-order valence-electron chi connectivity index (χ0n) is 11.4. The van der Waals surface area contributed by atoms with Gasteiger partial charge in [-0.25, -0.2) is 13.1 Å². The lowest BCUT2D eigenvalue weighted by molar-refractivity contribution is -0.146. The van der Waals surface area contributed by atoms with Gasteiger partial charge in [-0.2, -0.15) is 0 Å². The van der Waals surface area contributed by atoms with Crippen LogP contribution < -0.4 is 10.5 Å². The number of hydrogen-bond donors (Lipinski definition) is 3. The van der Waals surface area contributed by atoms with Crippen molar-refractivity contribution in [2.45, 2.75) is 18.7 Å². The largest absolute Gasteiger partial charge is 0.481 e. The van der Waals surface area contributed by atoms with Gasteiger partial charge in [-0.15, -0.1) is 0 Å². The topological polar surface area (TPSA) is 131 Å².